The van der Waals surface area contributed by atoms with Gasteiger partial charge in [0.2, 0.25) is 0 Å². The van der Waals surface area contributed by atoms with Gasteiger partial charge in [0.15, 0.2) is 11.5 Å². The molecule has 150 valence electrons. The van der Waals surface area contributed by atoms with Crippen LogP contribution in [-0.2, 0) is 0 Å². The van der Waals surface area contributed by atoms with Crippen molar-refractivity contribution in [3.63, 3.8) is 0 Å². The van der Waals surface area contributed by atoms with E-state index in [-0.39, 0.29) is 28.7 Å². The Morgan fingerprint density at radius 2 is 1.54 bits per heavy atom. The van der Waals surface area contributed by atoms with Crippen LogP contribution >= 0.6 is 0 Å². The summed E-state index contributed by atoms with van der Waals surface area (Å²) in [6.45, 7) is -3.07. The number of benzene rings is 2. The highest BCUT2D eigenvalue weighted by Crippen LogP contribution is 2.31. The van der Waals surface area contributed by atoms with Crippen LogP contribution in [0.4, 0.5) is 14.5 Å². The quantitative estimate of drug-likeness (QED) is 0.780. The first-order valence-electron chi connectivity index (χ1n) is 8.10. The first-order chi connectivity index (χ1) is 13.3. The number of nitrogens with one attached hydrogen (secondary N) is 1. The molecular formula is C19H20F2N2O5. The lowest BCUT2D eigenvalue weighted by molar-refractivity contribution is -0.0512. The number of nitrogens with zero attached hydrogens (tertiary/aromatic N) is 1. The maximum atomic E-state index is 12.6. The topological polar surface area (TPSA) is 77.1 Å². The smallest absolute Gasteiger partial charge is 0.387 e. The lowest BCUT2D eigenvalue weighted by Gasteiger charge is -2.15. The summed E-state index contributed by atoms with van der Waals surface area (Å²) in [6.07, 6.45) is 0. The second-order valence-electron chi connectivity index (χ2n) is 5.81. The molecule has 0 fully saturated rings. The van der Waals surface area contributed by atoms with Gasteiger partial charge in [-0.25, -0.2) is 0 Å². The molecule has 0 saturated carbocycles. The molecule has 1 N–H and O–H groups in total. The molecular weight excluding hydrogens is 374 g/mol. The minimum Gasteiger partial charge on any atom is -0.495 e. The van der Waals surface area contributed by atoms with Crippen molar-refractivity contribution in [2.45, 2.75) is 6.61 Å². The number of hydrogen-bond acceptors (Lipinski definition) is 5. The first kappa shape index (κ1) is 20.9. The molecule has 2 aromatic carbocycles. The van der Waals surface area contributed by atoms with Crippen LogP contribution in [0, 0.1) is 0 Å². The lowest BCUT2D eigenvalue weighted by atomic mass is 10.1. The van der Waals surface area contributed by atoms with E-state index in [1.807, 2.05) is 0 Å². The molecule has 28 heavy (non-hydrogen) atoms. The second kappa shape index (κ2) is 9.03. The molecule has 0 unspecified atom stereocenters. The van der Waals surface area contributed by atoms with Gasteiger partial charge < -0.3 is 24.4 Å². The Balaban J connectivity index is 2.33. The van der Waals surface area contributed by atoms with E-state index in [1.165, 1.54) is 37.3 Å². The Morgan fingerprint density at radius 3 is 2.11 bits per heavy atom. The highest BCUT2D eigenvalue weighted by Gasteiger charge is 2.17. The Morgan fingerprint density at radius 1 is 0.929 bits per heavy atom. The first-order valence-corrected chi connectivity index (χ1v) is 8.10. The van der Waals surface area contributed by atoms with Crippen molar-refractivity contribution in [3.05, 3.63) is 47.5 Å². The van der Waals surface area contributed by atoms with E-state index in [0.29, 0.717) is 11.3 Å². The van der Waals surface area contributed by atoms with Gasteiger partial charge in [-0.2, -0.15) is 8.78 Å². The number of amides is 2. The molecule has 2 rings (SSSR count). The van der Waals surface area contributed by atoms with Gasteiger partial charge in [0, 0.05) is 25.2 Å². The summed E-state index contributed by atoms with van der Waals surface area (Å²) >= 11 is 0. The van der Waals surface area contributed by atoms with E-state index >= 15 is 0 Å². The van der Waals surface area contributed by atoms with Crippen molar-refractivity contribution < 1.29 is 32.6 Å². The van der Waals surface area contributed by atoms with Gasteiger partial charge in [-0.1, -0.05) is 0 Å². The number of carbonyl (C=O) groups is 2. The van der Waals surface area contributed by atoms with Crippen LogP contribution in [0.25, 0.3) is 0 Å². The number of halogens is 2. The molecule has 0 aliphatic heterocycles. The predicted molar refractivity (Wildman–Crippen MR) is 98.6 cm³/mol. The molecule has 0 aliphatic rings. The number of anilines is 1. The van der Waals surface area contributed by atoms with Crippen LogP contribution in [0.1, 0.15) is 20.7 Å². The Bertz CT molecular complexity index is 871. The van der Waals surface area contributed by atoms with Crippen LogP contribution in [0.5, 0.6) is 17.2 Å². The minimum absolute atomic E-state index is 0.0582. The van der Waals surface area contributed by atoms with E-state index in [4.69, 9.17) is 9.47 Å². The van der Waals surface area contributed by atoms with Crippen molar-refractivity contribution in [3.8, 4) is 17.2 Å². The van der Waals surface area contributed by atoms with Crippen molar-refractivity contribution in [2.24, 2.45) is 0 Å². The van der Waals surface area contributed by atoms with Crippen LogP contribution in [0.15, 0.2) is 36.4 Å². The highest BCUT2D eigenvalue weighted by atomic mass is 19.3. The summed E-state index contributed by atoms with van der Waals surface area (Å²) in [5, 5.41) is 2.61. The van der Waals surface area contributed by atoms with E-state index in [9.17, 15) is 18.4 Å². The zero-order valence-electron chi connectivity index (χ0n) is 15.8. The third kappa shape index (κ3) is 4.87. The monoisotopic (exact) mass is 394 g/mol. The van der Waals surface area contributed by atoms with Crippen LogP contribution in [0.3, 0.4) is 0 Å². The van der Waals surface area contributed by atoms with Gasteiger partial charge in [-0.05, 0) is 36.4 Å². The highest BCUT2D eigenvalue weighted by molar-refractivity contribution is 6.06. The van der Waals surface area contributed by atoms with Crippen molar-refractivity contribution in [1.82, 2.24) is 4.90 Å². The van der Waals surface area contributed by atoms with E-state index in [0.717, 1.165) is 6.07 Å². The summed E-state index contributed by atoms with van der Waals surface area (Å²) < 4.78 is 39.7. The van der Waals surface area contributed by atoms with E-state index in [2.05, 4.69) is 10.1 Å². The van der Waals surface area contributed by atoms with Crippen molar-refractivity contribution in [1.29, 1.82) is 0 Å². The van der Waals surface area contributed by atoms with Gasteiger partial charge in [0.05, 0.1) is 19.9 Å². The molecule has 0 aromatic heterocycles. The number of methoxy groups -OCH3 is 2. The fourth-order valence-electron chi connectivity index (χ4n) is 2.40. The van der Waals surface area contributed by atoms with Gasteiger partial charge >= 0.3 is 6.61 Å². The predicted octanol–water partition coefficient (Wildman–Crippen LogP) is 3.26. The molecule has 2 aromatic rings. The summed E-state index contributed by atoms with van der Waals surface area (Å²) in [6, 6.07) is 8.47. The third-order valence-electron chi connectivity index (χ3n) is 3.74. The minimum atomic E-state index is -3.07. The zero-order valence-corrected chi connectivity index (χ0v) is 15.8. The number of carbonyl (C=O) groups excluding carboxylic acids is 2. The number of rotatable bonds is 7. The van der Waals surface area contributed by atoms with Crippen LogP contribution in [0.2, 0.25) is 0 Å². The fourth-order valence-corrected chi connectivity index (χ4v) is 2.40. The molecule has 0 atom stereocenters. The Hall–Kier alpha value is -3.36. The molecule has 2 amide bonds. The Kier molecular flexibility index (Phi) is 6.75. The van der Waals surface area contributed by atoms with E-state index in [1.54, 1.807) is 26.2 Å². The molecule has 9 heteroatoms. The lowest BCUT2D eigenvalue weighted by Crippen LogP contribution is -2.22. The molecule has 0 radical (unpaired) electrons. The average Bonchev–Trinajstić information content (AvgIpc) is 2.66. The fraction of sp³-hybridized carbons (Fsp3) is 0.263. The van der Waals surface area contributed by atoms with Gasteiger partial charge in [0.1, 0.15) is 5.75 Å². The van der Waals surface area contributed by atoms with Gasteiger partial charge in [0.25, 0.3) is 11.8 Å². The van der Waals surface area contributed by atoms with E-state index < -0.39 is 12.5 Å². The molecule has 0 spiro atoms. The average molecular weight is 394 g/mol. The van der Waals surface area contributed by atoms with Crippen LogP contribution in [-0.4, -0.2) is 51.6 Å². The number of ether oxygens (including phenoxy) is 3. The SMILES string of the molecule is COc1ccc(C(=O)N(C)C)cc1NC(=O)c1ccc(OC)c(OC(F)F)c1. The summed E-state index contributed by atoms with van der Waals surface area (Å²) in [7, 11) is 5.92. The molecule has 0 aliphatic carbocycles. The zero-order chi connectivity index (χ0) is 20.8. The maximum absolute atomic E-state index is 12.6. The largest absolute Gasteiger partial charge is 0.495 e. The summed E-state index contributed by atoms with van der Waals surface area (Å²) in [5.74, 6) is -0.729. The number of alkyl halides is 2. The molecule has 0 heterocycles. The van der Waals surface area contributed by atoms with Crippen molar-refractivity contribution in [2.75, 3.05) is 33.6 Å². The van der Waals surface area contributed by atoms with Gasteiger partial charge in [-0.15, -0.1) is 0 Å². The second-order valence-corrected chi connectivity index (χ2v) is 5.81. The van der Waals surface area contributed by atoms with Crippen LogP contribution < -0.4 is 19.5 Å². The maximum Gasteiger partial charge on any atom is 0.387 e. The molecule has 0 saturated heterocycles. The molecule has 7 nitrogen and oxygen atoms in total. The van der Waals surface area contributed by atoms with Crippen molar-refractivity contribution >= 4 is 17.5 Å². The van der Waals surface area contributed by atoms with Gasteiger partial charge in [-0.3, -0.25) is 9.59 Å². The third-order valence-corrected chi connectivity index (χ3v) is 3.74. The summed E-state index contributed by atoms with van der Waals surface area (Å²) in [4.78, 5) is 26.1. The summed E-state index contributed by atoms with van der Waals surface area (Å²) in [5.41, 5.74) is 0.660. The standard InChI is InChI=1S/C19H20F2N2O5/c1-23(2)18(25)12-6-7-14(26-3)13(9-12)22-17(24)11-5-8-15(27-4)16(10-11)28-19(20)21/h5-10,19H,1-4H3,(H,22,24). The number of hydrogen-bond donors (Lipinski definition) is 1. The molecule has 0 bridgehead atoms. The normalized spacial score (nSPS) is 10.4. The Labute approximate surface area is 160 Å².